The molecule has 0 aliphatic carbocycles. The lowest BCUT2D eigenvalue weighted by Crippen LogP contribution is -2.41. The van der Waals surface area contributed by atoms with Crippen LogP contribution in [0.3, 0.4) is 0 Å². The Morgan fingerprint density at radius 2 is 2.22 bits per heavy atom. The van der Waals surface area contributed by atoms with Gasteiger partial charge in [0, 0.05) is 24.9 Å². The summed E-state index contributed by atoms with van der Waals surface area (Å²) < 4.78 is 6.04. The predicted octanol–water partition coefficient (Wildman–Crippen LogP) is -1.00. The number of nitrogens with zero attached hydrogens (tertiary/aromatic N) is 1. The van der Waals surface area contributed by atoms with E-state index >= 15 is 0 Å². The van der Waals surface area contributed by atoms with Crippen molar-refractivity contribution in [3.8, 4) is 0 Å². The smallest absolute Gasteiger partial charge is 0.328 e. The molecule has 18 heavy (non-hydrogen) atoms. The van der Waals surface area contributed by atoms with Crippen LogP contribution in [0.2, 0.25) is 0 Å². The highest BCUT2D eigenvalue weighted by Gasteiger charge is 2.09. The van der Waals surface area contributed by atoms with Gasteiger partial charge in [0.25, 0.3) is 5.56 Å². The highest BCUT2D eigenvalue weighted by atomic mass is 16.5. The van der Waals surface area contributed by atoms with Crippen LogP contribution in [-0.4, -0.2) is 35.2 Å². The molecule has 0 fully saturated rings. The zero-order valence-electron chi connectivity index (χ0n) is 10.6. The third-order valence-corrected chi connectivity index (χ3v) is 2.33. The number of hydrogen-bond acceptors (Lipinski definition) is 4. The third-order valence-electron chi connectivity index (χ3n) is 2.33. The van der Waals surface area contributed by atoms with Crippen LogP contribution in [0.4, 0.5) is 0 Å². The molecule has 7 nitrogen and oxygen atoms in total. The Balaban J connectivity index is 2.74. The first-order valence-electron chi connectivity index (χ1n) is 5.52. The van der Waals surface area contributed by atoms with Crippen LogP contribution in [0.5, 0.6) is 0 Å². The average Bonchev–Trinajstić information content (AvgIpc) is 2.26. The Hall–Kier alpha value is -1.89. The first kappa shape index (κ1) is 14.2. The van der Waals surface area contributed by atoms with Crippen LogP contribution >= 0.6 is 0 Å². The Labute approximate surface area is 104 Å². The van der Waals surface area contributed by atoms with Crippen molar-refractivity contribution < 1.29 is 9.53 Å². The zero-order chi connectivity index (χ0) is 13.7. The Morgan fingerprint density at radius 1 is 1.56 bits per heavy atom. The SMILES string of the molecule is COCC(C)NC(=O)Cn1cc(C)c(=O)[nH]c1=O. The van der Waals surface area contributed by atoms with E-state index in [0.29, 0.717) is 12.2 Å². The number of aromatic amines is 1. The average molecular weight is 255 g/mol. The lowest BCUT2D eigenvalue weighted by molar-refractivity contribution is -0.122. The number of aromatic nitrogens is 2. The molecule has 1 unspecified atom stereocenters. The van der Waals surface area contributed by atoms with Gasteiger partial charge in [-0.05, 0) is 13.8 Å². The van der Waals surface area contributed by atoms with Crippen molar-refractivity contribution in [1.29, 1.82) is 0 Å². The monoisotopic (exact) mass is 255 g/mol. The molecule has 1 amide bonds. The minimum absolute atomic E-state index is 0.134. The first-order chi connectivity index (χ1) is 8.43. The molecule has 0 aliphatic rings. The Morgan fingerprint density at radius 3 is 2.83 bits per heavy atom. The molecule has 0 aliphatic heterocycles. The minimum atomic E-state index is -0.597. The fourth-order valence-corrected chi connectivity index (χ4v) is 1.50. The van der Waals surface area contributed by atoms with Gasteiger partial charge in [-0.25, -0.2) is 4.79 Å². The van der Waals surface area contributed by atoms with Gasteiger partial charge in [-0.3, -0.25) is 19.1 Å². The maximum Gasteiger partial charge on any atom is 0.328 e. The van der Waals surface area contributed by atoms with Gasteiger partial charge < -0.3 is 10.1 Å². The number of methoxy groups -OCH3 is 1. The number of amides is 1. The van der Waals surface area contributed by atoms with E-state index in [4.69, 9.17) is 4.74 Å². The topological polar surface area (TPSA) is 93.2 Å². The number of hydrogen-bond donors (Lipinski definition) is 2. The van der Waals surface area contributed by atoms with Crippen LogP contribution in [0.25, 0.3) is 0 Å². The minimum Gasteiger partial charge on any atom is -0.383 e. The third kappa shape index (κ3) is 3.85. The summed E-state index contributed by atoms with van der Waals surface area (Å²) in [4.78, 5) is 36.4. The molecule has 2 N–H and O–H groups in total. The highest BCUT2D eigenvalue weighted by Crippen LogP contribution is 1.87. The molecule has 0 radical (unpaired) electrons. The summed E-state index contributed by atoms with van der Waals surface area (Å²) in [5.41, 5.74) is -0.656. The van der Waals surface area contributed by atoms with Gasteiger partial charge in [0.1, 0.15) is 6.54 Å². The molecule has 0 aromatic carbocycles. The summed E-state index contributed by atoms with van der Waals surface area (Å²) in [7, 11) is 1.54. The molecular formula is C11H17N3O4. The summed E-state index contributed by atoms with van der Waals surface area (Å²) in [5.74, 6) is -0.312. The van der Waals surface area contributed by atoms with Crippen LogP contribution in [-0.2, 0) is 16.1 Å². The summed E-state index contributed by atoms with van der Waals surface area (Å²) >= 11 is 0. The number of carbonyl (C=O) groups excluding carboxylic acids is 1. The second-order valence-corrected chi connectivity index (χ2v) is 4.12. The molecule has 0 spiro atoms. The number of ether oxygens (including phenoxy) is 1. The summed E-state index contributed by atoms with van der Waals surface area (Å²) in [6.07, 6.45) is 1.36. The van der Waals surface area contributed by atoms with E-state index in [-0.39, 0.29) is 18.5 Å². The Bertz CT molecular complexity index is 532. The maximum absolute atomic E-state index is 11.6. The van der Waals surface area contributed by atoms with Crippen LogP contribution in [0, 0.1) is 6.92 Å². The van der Waals surface area contributed by atoms with Crippen LogP contribution in [0.15, 0.2) is 15.8 Å². The van der Waals surface area contributed by atoms with Crippen molar-refractivity contribution in [2.45, 2.75) is 26.4 Å². The van der Waals surface area contributed by atoms with Crippen LogP contribution in [0.1, 0.15) is 12.5 Å². The standard InChI is InChI=1S/C11H17N3O4/c1-7-4-14(11(17)13-10(7)16)5-9(15)12-8(2)6-18-3/h4,8H,5-6H2,1-3H3,(H,12,15)(H,13,16,17). The summed E-state index contributed by atoms with van der Waals surface area (Å²) in [6.45, 7) is 3.62. The normalized spacial score (nSPS) is 12.2. The predicted molar refractivity (Wildman–Crippen MR) is 65.5 cm³/mol. The Kier molecular flexibility index (Phi) is 4.85. The van der Waals surface area contributed by atoms with E-state index in [1.807, 2.05) is 0 Å². The van der Waals surface area contributed by atoms with Crippen molar-refractivity contribution in [1.82, 2.24) is 14.9 Å². The number of rotatable bonds is 5. The molecule has 1 atom stereocenters. The van der Waals surface area contributed by atoms with Crippen molar-refractivity contribution in [2.24, 2.45) is 0 Å². The highest BCUT2D eigenvalue weighted by molar-refractivity contribution is 5.75. The second kappa shape index (κ2) is 6.15. The molecule has 100 valence electrons. The maximum atomic E-state index is 11.6. The van der Waals surface area contributed by atoms with Gasteiger partial charge in [0.2, 0.25) is 5.91 Å². The lowest BCUT2D eigenvalue weighted by atomic mass is 10.3. The van der Waals surface area contributed by atoms with E-state index in [1.165, 1.54) is 6.20 Å². The van der Waals surface area contributed by atoms with Crippen molar-refractivity contribution in [3.05, 3.63) is 32.6 Å². The molecule has 1 heterocycles. The van der Waals surface area contributed by atoms with Gasteiger partial charge in [-0.2, -0.15) is 0 Å². The molecule has 1 aromatic rings. The number of H-pyrrole nitrogens is 1. The molecule has 0 saturated heterocycles. The van der Waals surface area contributed by atoms with E-state index in [9.17, 15) is 14.4 Å². The van der Waals surface area contributed by atoms with E-state index in [0.717, 1.165) is 4.57 Å². The lowest BCUT2D eigenvalue weighted by Gasteiger charge is -2.13. The van der Waals surface area contributed by atoms with E-state index in [2.05, 4.69) is 10.3 Å². The molecule has 1 rings (SSSR count). The van der Waals surface area contributed by atoms with Gasteiger partial charge in [-0.1, -0.05) is 0 Å². The fourth-order valence-electron chi connectivity index (χ4n) is 1.50. The van der Waals surface area contributed by atoms with Crippen molar-refractivity contribution >= 4 is 5.91 Å². The van der Waals surface area contributed by atoms with Crippen molar-refractivity contribution in [3.63, 3.8) is 0 Å². The summed E-state index contributed by atoms with van der Waals surface area (Å²) in [6, 6.07) is -0.137. The number of nitrogens with one attached hydrogen (secondary N) is 2. The molecule has 0 bridgehead atoms. The molecular weight excluding hydrogens is 238 g/mol. The zero-order valence-corrected chi connectivity index (χ0v) is 10.6. The van der Waals surface area contributed by atoms with E-state index in [1.54, 1.807) is 21.0 Å². The number of aryl methyl sites for hydroxylation is 1. The van der Waals surface area contributed by atoms with Gasteiger partial charge >= 0.3 is 5.69 Å². The fraction of sp³-hybridized carbons (Fsp3) is 0.545. The van der Waals surface area contributed by atoms with E-state index < -0.39 is 11.2 Å². The first-order valence-corrected chi connectivity index (χ1v) is 5.52. The molecule has 0 saturated carbocycles. The van der Waals surface area contributed by atoms with Crippen molar-refractivity contribution in [2.75, 3.05) is 13.7 Å². The largest absolute Gasteiger partial charge is 0.383 e. The second-order valence-electron chi connectivity index (χ2n) is 4.12. The quantitative estimate of drug-likeness (QED) is 0.705. The van der Waals surface area contributed by atoms with Gasteiger partial charge in [0.05, 0.1) is 6.61 Å². The van der Waals surface area contributed by atoms with Crippen LogP contribution < -0.4 is 16.6 Å². The summed E-state index contributed by atoms with van der Waals surface area (Å²) in [5, 5.41) is 2.67. The van der Waals surface area contributed by atoms with Gasteiger partial charge in [-0.15, -0.1) is 0 Å². The molecule has 7 heteroatoms. The molecule has 1 aromatic heterocycles. The number of carbonyl (C=O) groups is 1. The van der Waals surface area contributed by atoms with Gasteiger partial charge in [0.15, 0.2) is 0 Å².